The van der Waals surface area contributed by atoms with Crippen LogP contribution in [0.1, 0.15) is 39.5 Å². The lowest BCUT2D eigenvalue weighted by atomic mass is 9.86. The first-order chi connectivity index (χ1) is 9.60. The van der Waals surface area contributed by atoms with Gasteiger partial charge in [-0.25, -0.2) is 0 Å². The second kappa shape index (κ2) is 6.54. The van der Waals surface area contributed by atoms with Crippen molar-refractivity contribution >= 4 is 17.5 Å². The normalized spacial score (nSPS) is 21.5. The molecule has 0 amide bonds. The summed E-state index contributed by atoms with van der Waals surface area (Å²) >= 11 is 5.85. The minimum atomic E-state index is -0.0448. The Morgan fingerprint density at radius 1 is 1.35 bits per heavy atom. The van der Waals surface area contributed by atoms with Gasteiger partial charge in [-0.1, -0.05) is 13.8 Å². The number of hydrogen-bond acceptors (Lipinski definition) is 6. The molecule has 2 rings (SSSR count). The summed E-state index contributed by atoms with van der Waals surface area (Å²) in [5.74, 6) is 0.454. The predicted molar refractivity (Wildman–Crippen MR) is 77.3 cm³/mol. The fraction of sp³-hybridized carbons (Fsp3) is 0.769. The van der Waals surface area contributed by atoms with Crippen molar-refractivity contribution in [1.82, 2.24) is 15.0 Å². The van der Waals surface area contributed by atoms with Crippen molar-refractivity contribution in [3.05, 3.63) is 5.28 Å². The SMILES string of the molecule is CCC1(CC)CC(Nc2nc(Cl)nc(OC)n2)CCO1. The van der Waals surface area contributed by atoms with Crippen molar-refractivity contribution in [1.29, 1.82) is 0 Å². The zero-order chi connectivity index (χ0) is 14.6. The first-order valence-corrected chi connectivity index (χ1v) is 7.34. The van der Waals surface area contributed by atoms with Crippen LogP contribution in [0.15, 0.2) is 0 Å². The van der Waals surface area contributed by atoms with E-state index in [1.54, 1.807) is 0 Å². The van der Waals surface area contributed by atoms with Gasteiger partial charge >= 0.3 is 6.01 Å². The monoisotopic (exact) mass is 300 g/mol. The molecule has 2 heterocycles. The van der Waals surface area contributed by atoms with Gasteiger partial charge in [0.25, 0.3) is 0 Å². The molecule has 20 heavy (non-hydrogen) atoms. The van der Waals surface area contributed by atoms with Gasteiger partial charge in [-0.3, -0.25) is 0 Å². The van der Waals surface area contributed by atoms with Crippen LogP contribution in [0.2, 0.25) is 5.28 Å². The highest BCUT2D eigenvalue weighted by Gasteiger charge is 2.34. The van der Waals surface area contributed by atoms with Crippen LogP contribution in [0.4, 0.5) is 5.95 Å². The van der Waals surface area contributed by atoms with Crippen molar-refractivity contribution in [2.24, 2.45) is 0 Å². The van der Waals surface area contributed by atoms with E-state index in [1.165, 1.54) is 7.11 Å². The summed E-state index contributed by atoms with van der Waals surface area (Å²) in [5, 5.41) is 3.44. The first kappa shape index (κ1) is 15.3. The van der Waals surface area contributed by atoms with Crippen molar-refractivity contribution in [2.45, 2.75) is 51.2 Å². The van der Waals surface area contributed by atoms with Crippen LogP contribution in [-0.4, -0.2) is 40.3 Å². The highest BCUT2D eigenvalue weighted by atomic mass is 35.5. The van der Waals surface area contributed by atoms with Crippen LogP contribution in [0, 0.1) is 0 Å². The minimum absolute atomic E-state index is 0.0448. The summed E-state index contributed by atoms with van der Waals surface area (Å²) in [6.07, 6.45) is 3.87. The molecule has 1 aromatic rings. The average molecular weight is 301 g/mol. The summed E-state index contributed by atoms with van der Waals surface area (Å²) in [7, 11) is 1.50. The second-order valence-corrected chi connectivity index (χ2v) is 5.33. The van der Waals surface area contributed by atoms with Gasteiger partial charge in [-0.15, -0.1) is 0 Å². The Balaban J connectivity index is 2.08. The summed E-state index contributed by atoms with van der Waals surface area (Å²) in [6.45, 7) is 5.07. The number of hydrogen-bond donors (Lipinski definition) is 1. The zero-order valence-corrected chi connectivity index (χ0v) is 12.9. The third-order valence-electron chi connectivity index (χ3n) is 3.89. The maximum absolute atomic E-state index is 5.96. The third-order valence-corrected chi connectivity index (χ3v) is 4.05. The Kier molecular flexibility index (Phi) is 4.99. The quantitative estimate of drug-likeness (QED) is 0.901. The molecule has 7 heteroatoms. The summed E-state index contributed by atoms with van der Waals surface area (Å²) < 4.78 is 11.0. The molecule has 1 saturated heterocycles. The number of nitrogens with zero attached hydrogens (tertiary/aromatic N) is 3. The maximum Gasteiger partial charge on any atom is 0.322 e. The van der Waals surface area contributed by atoms with Crippen LogP contribution >= 0.6 is 11.6 Å². The van der Waals surface area contributed by atoms with E-state index in [4.69, 9.17) is 21.1 Å². The molecule has 0 spiro atoms. The van der Waals surface area contributed by atoms with Gasteiger partial charge in [-0.2, -0.15) is 15.0 Å². The smallest absolute Gasteiger partial charge is 0.322 e. The number of ether oxygens (including phenoxy) is 2. The third kappa shape index (κ3) is 3.49. The molecule has 1 unspecified atom stereocenters. The highest BCUT2D eigenvalue weighted by Crippen LogP contribution is 2.32. The Hall–Kier alpha value is -1.14. The van der Waals surface area contributed by atoms with E-state index in [9.17, 15) is 0 Å². The van der Waals surface area contributed by atoms with Crippen molar-refractivity contribution in [2.75, 3.05) is 19.0 Å². The molecule has 1 fully saturated rings. The molecule has 6 nitrogen and oxygen atoms in total. The van der Waals surface area contributed by atoms with Crippen LogP contribution in [-0.2, 0) is 4.74 Å². The molecule has 0 saturated carbocycles. The van der Waals surface area contributed by atoms with E-state index in [-0.39, 0.29) is 22.9 Å². The number of rotatable bonds is 5. The number of nitrogens with one attached hydrogen (secondary N) is 1. The zero-order valence-electron chi connectivity index (χ0n) is 12.1. The van der Waals surface area contributed by atoms with Gasteiger partial charge in [0.05, 0.1) is 12.7 Å². The van der Waals surface area contributed by atoms with E-state index >= 15 is 0 Å². The van der Waals surface area contributed by atoms with E-state index in [1.807, 2.05) is 0 Å². The Morgan fingerprint density at radius 3 is 2.75 bits per heavy atom. The van der Waals surface area contributed by atoms with Gasteiger partial charge in [-0.05, 0) is 37.3 Å². The van der Waals surface area contributed by atoms with Gasteiger partial charge < -0.3 is 14.8 Å². The van der Waals surface area contributed by atoms with Gasteiger partial charge in [0.1, 0.15) is 0 Å². The molecule has 0 radical (unpaired) electrons. The van der Waals surface area contributed by atoms with E-state index in [0.29, 0.717) is 5.95 Å². The Bertz CT molecular complexity index is 454. The number of methoxy groups -OCH3 is 1. The van der Waals surface area contributed by atoms with Crippen LogP contribution in [0.5, 0.6) is 6.01 Å². The van der Waals surface area contributed by atoms with Crippen molar-refractivity contribution in [3.63, 3.8) is 0 Å². The first-order valence-electron chi connectivity index (χ1n) is 6.97. The topological polar surface area (TPSA) is 69.2 Å². The molecule has 1 aliphatic rings. The van der Waals surface area contributed by atoms with Crippen LogP contribution in [0.3, 0.4) is 0 Å². The lowest BCUT2D eigenvalue weighted by Crippen LogP contribution is -2.43. The maximum atomic E-state index is 5.96. The molecule has 1 aromatic heterocycles. The molecular formula is C13H21ClN4O2. The number of aromatic nitrogens is 3. The van der Waals surface area contributed by atoms with E-state index in [2.05, 4.69) is 34.1 Å². The lowest BCUT2D eigenvalue weighted by molar-refractivity contribution is -0.0865. The molecule has 112 valence electrons. The van der Waals surface area contributed by atoms with Crippen LogP contribution < -0.4 is 10.1 Å². The summed E-state index contributed by atoms with van der Waals surface area (Å²) in [5.41, 5.74) is -0.0448. The van der Waals surface area contributed by atoms with E-state index < -0.39 is 0 Å². The summed E-state index contributed by atoms with van der Waals surface area (Å²) in [4.78, 5) is 12.1. The molecular weight excluding hydrogens is 280 g/mol. The highest BCUT2D eigenvalue weighted by molar-refractivity contribution is 6.28. The van der Waals surface area contributed by atoms with Gasteiger partial charge in [0.15, 0.2) is 0 Å². The fourth-order valence-electron chi connectivity index (χ4n) is 2.56. The molecule has 1 aliphatic heterocycles. The lowest BCUT2D eigenvalue weighted by Gasteiger charge is -2.40. The van der Waals surface area contributed by atoms with Gasteiger partial charge in [0, 0.05) is 12.6 Å². The number of anilines is 1. The molecule has 1 atom stereocenters. The summed E-state index contributed by atoms with van der Waals surface area (Å²) in [6, 6.07) is 0.489. The predicted octanol–water partition coefficient (Wildman–Crippen LogP) is 2.68. The largest absolute Gasteiger partial charge is 0.467 e. The average Bonchev–Trinajstić information content (AvgIpc) is 2.46. The van der Waals surface area contributed by atoms with Crippen molar-refractivity contribution in [3.8, 4) is 6.01 Å². The molecule has 1 N–H and O–H groups in total. The van der Waals surface area contributed by atoms with Crippen molar-refractivity contribution < 1.29 is 9.47 Å². The molecule has 0 bridgehead atoms. The minimum Gasteiger partial charge on any atom is -0.467 e. The number of halogens is 1. The Labute approximate surface area is 124 Å². The molecule has 0 aromatic carbocycles. The fourth-order valence-corrected chi connectivity index (χ4v) is 2.72. The van der Waals surface area contributed by atoms with E-state index in [0.717, 1.165) is 32.3 Å². The Morgan fingerprint density at radius 2 is 2.10 bits per heavy atom. The van der Waals surface area contributed by atoms with Crippen LogP contribution in [0.25, 0.3) is 0 Å². The standard InChI is InChI=1S/C13H21ClN4O2/c1-4-13(5-2)8-9(6-7-20-13)15-11-16-10(14)17-12(18-11)19-3/h9H,4-8H2,1-3H3,(H,15,16,17,18). The molecule has 0 aliphatic carbocycles. The second-order valence-electron chi connectivity index (χ2n) is 4.99. The van der Waals surface area contributed by atoms with Gasteiger partial charge in [0.2, 0.25) is 11.2 Å².